The van der Waals surface area contributed by atoms with E-state index in [0.717, 1.165) is 39.0 Å². The van der Waals surface area contributed by atoms with Gasteiger partial charge in [-0.15, -0.1) is 0 Å². The lowest BCUT2D eigenvalue weighted by molar-refractivity contribution is 0.342. The van der Waals surface area contributed by atoms with Crippen LogP contribution in [-0.2, 0) is 0 Å². The molecular weight excluding hydrogens is 316 g/mol. The summed E-state index contributed by atoms with van der Waals surface area (Å²) < 4.78 is 11.0. The molecule has 0 saturated heterocycles. The van der Waals surface area contributed by atoms with E-state index in [1.807, 2.05) is 49.4 Å². The van der Waals surface area contributed by atoms with Gasteiger partial charge in [0, 0.05) is 10.8 Å². The van der Waals surface area contributed by atoms with Crippen molar-refractivity contribution in [3.63, 3.8) is 0 Å². The molecule has 6 heteroatoms. The van der Waals surface area contributed by atoms with Gasteiger partial charge in [0.1, 0.15) is 17.0 Å². The molecule has 0 radical (unpaired) electrons. The van der Waals surface area contributed by atoms with Crippen LogP contribution in [0.15, 0.2) is 48.7 Å². The lowest BCUT2D eigenvalue weighted by Gasteiger charge is -2.13. The minimum absolute atomic E-state index is 0.600. The summed E-state index contributed by atoms with van der Waals surface area (Å²) >= 11 is 0. The normalized spacial score (nSPS) is 11.0. The highest BCUT2D eigenvalue weighted by Gasteiger charge is 2.13. The van der Waals surface area contributed by atoms with E-state index in [0.29, 0.717) is 12.4 Å². The number of rotatable bonds is 5. The number of nitrogens with one attached hydrogen (secondary N) is 2. The fraction of sp³-hybridized carbons (Fsp3) is 0.158. The van der Waals surface area contributed by atoms with Gasteiger partial charge in [0.05, 0.1) is 31.1 Å². The second-order valence-corrected chi connectivity index (χ2v) is 5.56. The van der Waals surface area contributed by atoms with Gasteiger partial charge in [-0.3, -0.25) is 5.10 Å². The van der Waals surface area contributed by atoms with Crippen LogP contribution < -0.4 is 14.8 Å². The van der Waals surface area contributed by atoms with Crippen LogP contribution >= 0.6 is 0 Å². The molecule has 0 aliphatic heterocycles. The molecule has 25 heavy (non-hydrogen) atoms. The molecule has 0 aliphatic rings. The van der Waals surface area contributed by atoms with Crippen molar-refractivity contribution in [2.24, 2.45) is 0 Å². The number of methoxy groups -OCH3 is 1. The van der Waals surface area contributed by atoms with E-state index in [-0.39, 0.29) is 0 Å². The molecule has 2 heterocycles. The molecule has 0 unspecified atom stereocenters. The van der Waals surface area contributed by atoms with E-state index in [1.165, 1.54) is 0 Å². The maximum absolute atomic E-state index is 5.69. The topological polar surface area (TPSA) is 72.1 Å². The molecule has 2 aromatic heterocycles. The minimum Gasteiger partial charge on any atom is -0.497 e. The first kappa shape index (κ1) is 15.3. The van der Waals surface area contributed by atoms with Crippen LogP contribution in [0.5, 0.6) is 11.5 Å². The average Bonchev–Trinajstić information content (AvgIpc) is 3.14. The van der Waals surface area contributed by atoms with Gasteiger partial charge in [0.2, 0.25) is 0 Å². The molecule has 0 fully saturated rings. The lowest BCUT2D eigenvalue weighted by atomic mass is 10.1. The molecule has 0 amide bonds. The van der Waals surface area contributed by atoms with Crippen molar-refractivity contribution in [3.8, 4) is 11.5 Å². The van der Waals surface area contributed by atoms with Gasteiger partial charge in [-0.25, -0.2) is 4.98 Å². The molecule has 0 saturated carbocycles. The van der Waals surface area contributed by atoms with Crippen LogP contribution in [0.3, 0.4) is 0 Å². The highest BCUT2D eigenvalue weighted by molar-refractivity contribution is 6.09. The van der Waals surface area contributed by atoms with Gasteiger partial charge in [0.25, 0.3) is 0 Å². The van der Waals surface area contributed by atoms with Crippen molar-refractivity contribution >= 4 is 33.3 Å². The largest absolute Gasteiger partial charge is 0.497 e. The monoisotopic (exact) mass is 334 g/mol. The standard InChI is InChI=1S/C19H18N4O2/c1-3-25-17-7-5-4-6-16(17)22-19-18-14(11-20-23-18)13-10-12(24-2)8-9-15(13)21-19/h4-11H,3H2,1-2H3,(H,20,23)(H,21,22). The Kier molecular flexibility index (Phi) is 3.85. The van der Waals surface area contributed by atoms with Crippen LogP contribution in [0.25, 0.3) is 21.8 Å². The van der Waals surface area contributed by atoms with Crippen molar-refractivity contribution in [2.45, 2.75) is 6.92 Å². The van der Waals surface area contributed by atoms with Crippen LogP contribution in [0.2, 0.25) is 0 Å². The number of aromatic nitrogens is 3. The first-order valence-electron chi connectivity index (χ1n) is 8.10. The van der Waals surface area contributed by atoms with Gasteiger partial charge in [-0.1, -0.05) is 12.1 Å². The van der Waals surface area contributed by atoms with Crippen molar-refractivity contribution < 1.29 is 9.47 Å². The summed E-state index contributed by atoms with van der Waals surface area (Å²) in [4.78, 5) is 4.75. The summed E-state index contributed by atoms with van der Waals surface area (Å²) in [5.74, 6) is 2.28. The molecule has 2 N–H and O–H groups in total. The molecule has 0 aliphatic carbocycles. The molecule has 4 rings (SSSR count). The molecular formula is C19H18N4O2. The molecule has 126 valence electrons. The highest BCUT2D eigenvalue weighted by Crippen LogP contribution is 2.33. The van der Waals surface area contributed by atoms with E-state index >= 15 is 0 Å². The Morgan fingerprint density at radius 3 is 2.84 bits per heavy atom. The summed E-state index contributed by atoms with van der Waals surface area (Å²) in [5, 5.41) is 12.6. The molecule has 4 aromatic rings. The Labute approximate surface area is 144 Å². The smallest absolute Gasteiger partial charge is 0.157 e. The van der Waals surface area contributed by atoms with Crippen molar-refractivity contribution in [2.75, 3.05) is 19.0 Å². The summed E-state index contributed by atoms with van der Waals surface area (Å²) in [7, 11) is 1.65. The number of benzene rings is 2. The third-order valence-electron chi connectivity index (χ3n) is 4.04. The third-order valence-corrected chi connectivity index (χ3v) is 4.04. The number of para-hydroxylation sites is 2. The van der Waals surface area contributed by atoms with E-state index < -0.39 is 0 Å². The summed E-state index contributed by atoms with van der Waals surface area (Å²) in [6.07, 6.45) is 1.80. The SMILES string of the molecule is CCOc1ccccc1Nc1nc2ccc(OC)cc2c2cn[nH]c12. The highest BCUT2D eigenvalue weighted by atomic mass is 16.5. The number of anilines is 2. The maximum Gasteiger partial charge on any atom is 0.157 e. The van der Waals surface area contributed by atoms with Crippen molar-refractivity contribution in [1.82, 2.24) is 15.2 Å². The van der Waals surface area contributed by atoms with Crippen LogP contribution in [0.1, 0.15) is 6.92 Å². The predicted octanol–water partition coefficient (Wildman–Crippen LogP) is 4.26. The maximum atomic E-state index is 5.69. The van der Waals surface area contributed by atoms with Gasteiger partial charge in [-0.05, 0) is 37.3 Å². The van der Waals surface area contributed by atoms with Crippen LogP contribution in [-0.4, -0.2) is 28.9 Å². The van der Waals surface area contributed by atoms with Crippen molar-refractivity contribution in [1.29, 1.82) is 0 Å². The fourth-order valence-corrected chi connectivity index (χ4v) is 2.87. The quantitative estimate of drug-likeness (QED) is 0.570. The Hall–Kier alpha value is -3.28. The van der Waals surface area contributed by atoms with E-state index in [4.69, 9.17) is 14.5 Å². The van der Waals surface area contributed by atoms with E-state index in [2.05, 4.69) is 15.5 Å². The number of H-pyrrole nitrogens is 1. The zero-order valence-electron chi connectivity index (χ0n) is 14.0. The first-order valence-corrected chi connectivity index (χ1v) is 8.10. The number of hydrogen-bond acceptors (Lipinski definition) is 5. The number of aromatic amines is 1. The molecule has 6 nitrogen and oxygen atoms in total. The number of pyridine rings is 1. The summed E-state index contributed by atoms with van der Waals surface area (Å²) in [5.41, 5.74) is 2.57. The fourth-order valence-electron chi connectivity index (χ4n) is 2.87. The predicted molar refractivity (Wildman–Crippen MR) is 98.8 cm³/mol. The minimum atomic E-state index is 0.600. The zero-order chi connectivity index (χ0) is 17.2. The third kappa shape index (κ3) is 2.71. The van der Waals surface area contributed by atoms with E-state index in [9.17, 15) is 0 Å². The van der Waals surface area contributed by atoms with Gasteiger partial charge in [-0.2, -0.15) is 5.10 Å². The van der Waals surface area contributed by atoms with Gasteiger partial charge in [0.15, 0.2) is 5.82 Å². The van der Waals surface area contributed by atoms with Crippen LogP contribution in [0, 0.1) is 0 Å². The van der Waals surface area contributed by atoms with Crippen molar-refractivity contribution in [3.05, 3.63) is 48.7 Å². The zero-order valence-corrected chi connectivity index (χ0v) is 14.0. The molecule has 2 aromatic carbocycles. The summed E-state index contributed by atoms with van der Waals surface area (Å²) in [6, 6.07) is 13.6. The van der Waals surface area contributed by atoms with E-state index in [1.54, 1.807) is 13.3 Å². The second kappa shape index (κ2) is 6.32. The van der Waals surface area contributed by atoms with Gasteiger partial charge < -0.3 is 14.8 Å². The molecule has 0 bridgehead atoms. The number of nitrogens with zero attached hydrogens (tertiary/aromatic N) is 2. The second-order valence-electron chi connectivity index (χ2n) is 5.56. The number of ether oxygens (including phenoxy) is 2. The Morgan fingerprint density at radius 2 is 2.00 bits per heavy atom. The van der Waals surface area contributed by atoms with Crippen LogP contribution in [0.4, 0.5) is 11.5 Å². The van der Waals surface area contributed by atoms with Gasteiger partial charge >= 0.3 is 0 Å². The number of hydrogen-bond donors (Lipinski definition) is 2. The Bertz CT molecular complexity index is 1040. The first-order chi connectivity index (χ1) is 12.3. The summed E-state index contributed by atoms with van der Waals surface area (Å²) in [6.45, 7) is 2.56. The average molecular weight is 334 g/mol. The number of fused-ring (bicyclic) bond motifs is 3. The Balaban J connectivity index is 1.86. The lowest BCUT2D eigenvalue weighted by Crippen LogP contribution is -2.00. The Morgan fingerprint density at radius 1 is 1.12 bits per heavy atom. The molecule has 0 atom stereocenters. The molecule has 0 spiro atoms.